The SMILES string of the molecule is O=C(NCCc1ccc(F)cc1)c1sccc1-c1ccccc1. The highest BCUT2D eigenvalue weighted by Crippen LogP contribution is 2.27. The van der Waals surface area contributed by atoms with Crippen LogP contribution in [0, 0.1) is 5.82 Å². The molecule has 4 heteroatoms. The van der Waals surface area contributed by atoms with Crippen molar-refractivity contribution in [2.24, 2.45) is 0 Å². The second kappa shape index (κ2) is 7.20. The van der Waals surface area contributed by atoms with Crippen molar-refractivity contribution in [1.82, 2.24) is 5.32 Å². The van der Waals surface area contributed by atoms with Crippen LogP contribution in [0.1, 0.15) is 15.2 Å². The monoisotopic (exact) mass is 325 g/mol. The van der Waals surface area contributed by atoms with E-state index in [1.807, 2.05) is 41.8 Å². The summed E-state index contributed by atoms with van der Waals surface area (Å²) in [5.41, 5.74) is 2.99. The van der Waals surface area contributed by atoms with Gasteiger partial charge in [0.1, 0.15) is 5.82 Å². The van der Waals surface area contributed by atoms with Crippen LogP contribution in [-0.2, 0) is 6.42 Å². The Hall–Kier alpha value is -2.46. The normalized spacial score (nSPS) is 10.5. The minimum absolute atomic E-state index is 0.0686. The highest BCUT2D eigenvalue weighted by molar-refractivity contribution is 7.12. The summed E-state index contributed by atoms with van der Waals surface area (Å²) in [6.07, 6.45) is 0.679. The van der Waals surface area contributed by atoms with Gasteiger partial charge >= 0.3 is 0 Å². The van der Waals surface area contributed by atoms with E-state index in [9.17, 15) is 9.18 Å². The number of benzene rings is 2. The van der Waals surface area contributed by atoms with Crippen molar-refractivity contribution in [1.29, 1.82) is 0 Å². The zero-order valence-corrected chi connectivity index (χ0v) is 13.3. The maximum Gasteiger partial charge on any atom is 0.261 e. The van der Waals surface area contributed by atoms with E-state index in [0.29, 0.717) is 13.0 Å². The molecule has 3 rings (SSSR count). The number of halogens is 1. The Balaban J connectivity index is 1.63. The molecule has 0 saturated carbocycles. The van der Waals surface area contributed by atoms with Crippen LogP contribution in [0.5, 0.6) is 0 Å². The van der Waals surface area contributed by atoms with E-state index < -0.39 is 0 Å². The standard InChI is InChI=1S/C19H16FNOS/c20-16-8-6-14(7-9-16)10-12-21-19(22)18-17(11-13-23-18)15-4-2-1-3-5-15/h1-9,11,13H,10,12H2,(H,21,22). The second-order valence-electron chi connectivity index (χ2n) is 5.16. The molecule has 23 heavy (non-hydrogen) atoms. The molecular formula is C19H16FNOS. The molecule has 0 spiro atoms. The Morgan fingerprint density at radius 1 is 1.00 bits per heavy atom. The lowest BCUT2D eigenvalue weighted by atomic mass is 10.1. The number of carbonyl (C=O) groups is 1. The number of nitrogens with one attached hydrogen (secondary N) is 1. The van der Waals surface area contributed by atoms with Crippen molar-refractivity contribution in [3.05, 3.63) is 82.3 Å². The minimum atomic E-state index is -0.246. The first-order valence-corrected chi connectivity index (χ1v) is 8.27. The molecule has 1 heterocycles. The quantitative estimate of drug-likeness (QED) is 0.734. The molecule has 0 aliphatic rings. The summed E-state index contributed by atoms with van der Waals surface area (Å²) in [6, 6.07) is 18.2. The van der Waals surface area contributed by atoms with Gasteiger partial charge in [0.2, 0.25) is 0 Å². The summed E-state index contributed by atoms with van der Waals surface area (Å²) in [5, 5.41) is 4.86. The first-order valence-electron chi connectivity index (χ1n) is 7.39. The molecule has 2 aromatic carbocycles. The fourth-order valence-electron chi connectivity index (χ4n) is 2.38. The number of carbonyl (C=O) groups excluding carboxylic acids is 1. The molecule has 0 fully saturated rings. The van der Waals surface area contributed by atoms with Crippen molar-refractivity contribution in [2.75, 3.05) is 6.54 Å². The molecule has 3 aromatic rings. The van der Waals surface area contributed by atoms with E-state index >= 15 is 0 Å². The van der Waals surface area contributed by atoms with Crippen LogP contribution in [0.25, 0.3) is 11.1 Å². The lowest BCUT2D eigenvalue weighted by Gasteiger charge is -2.07. The Morgan fingerprint density at radius 3 is 2.48 bits per heavy atom. The van der Waals surface area contributed by atoms with Gasteiger partial charge in [-0.1, -0.05) is 42.5 Å². The predicted molar refractivity (Wildman–Crippen MR) is 92.2 cm³/mol. The minimum Gasteiger partial charge on any atom is -0.351 e. The maximum absolute atomic E-state index is 12.9. The summed E-state index contributed by atoms with van der Waals surface area (Å²) in [6.45, 7) is 0.524. The molecule has 0 saturated heterocycles. The molecule has 1 N–H and O–H groups in total. The summed E-state index contributed by atoms with van der Waals surface area (Å²) in [7, 11) is 0. The second-order valence-corrected chi connectivity index (χ2v) is 6.08. The van der Waals surface area contributed by atoms with Crippen LogP contribution in [0.2, 0.25) is 0 Å². The van der Waals surface area contributed by atoms with Gasteiger partial charge in [-0.2, -0.15) is 0 Å². The Kier molecular flexibility index (Phi) is 4.83. The van der Waals surface area contributed by atoms with Crippen LogP contribution in [-0.4, -0.2) is 12.5 Å². The molecule has 1 amide bonds. The fraction of sp³-hybridized carbons (Fsp3) is 0.105. The van der Waals surface area contributed by atoms with E-state index in [2.05, 4.69) is 5.32 Å². The smallest absolute Gasteiger partial charge is 0.261 e. The largest absolute Gasteiger partial charge is 0.351 e. The first kappa shape index (κ1) is 15.4. The molecule has 0 unspecified atom stereocenters. The maximum atomic E-state index is 12.9. The molecule has 116 valence electrons. The molecule has 2 nitrogen and oxygen atoms in total. The van der Waals surface area contributed by atoms with Gasteiger partial charge in [0, 0.05) is 12.1 Å². The van der Waals surface area contributed by atoms with Crippen molar-refractivity contribution in [3.63, 3.8) is 0 Å². The average Bonchev–Trinajstić information content (AvgIpc) is 3.07. The topological polar surface area (TPSA) is 29.1 Å². The van der Waals surface area contributed by atoms with Gasteiger partial charge in [-0.25, -0.2) is 4.39 Å². The van der Waals surface area contributed by atoms with E-state index in [4.69, 9.17) is 0 Å². The third kappa shape index (κ3) is 3.85. The van der Waals surface area contributed by atoms with Gasteiger partial charge < -0.3 is 5.32 Å². The van der Waals surface area contributed by atoms with Crippen LogP contribution < -0.4 is 5.32 Å². The number of hydrogen-bond donors (Lipinski definition) is 1. The van der Waals surface area contributed by atoms with E-state index in [0.717, 1.165) is 21.6 Å². The van der Waals surface area contributed by atoms with Crippen molar-refractivity contribution >= 4 is 17.2 Å². The molecule has 0 atom stereocenters. The lowest BCUT2D eigenvalue weighted by Crippen LogP contribution is -2.25. The van der Waals surface area contributed by atoms with Gasteiger partial charge in [-0.15, -0.1) is 11.3 Å². The van der Waals surface area contributed by atoms with Gasteiger partial charge in [0.15, 0.2) is 0 Å². The zero-order chi connectivity index (χ0) is 16.1. The average molecular weight is 325 g/mol. The molecule has 0 aliphatic heterocycles. The zero-order valence-electron chi connectivity index (χ0n) is 12.5. The van der Waals surface area contributed by atoms with Crippen LogP contribution in [0.4, 0.5) is 4.39 Å². The number of thiophene rings is 1. The molecule has 0 aliphatic carbocycles. The van der Waals surface area contributed by atoms with E-state index in [-0.39, 0.29) is 11.7 Å². The van der Waals surface area contributed by atoms with Gasteiger partial charge in [0.05, 0.1) is 4.88 Å². The van der Waals surface area contributed by atoms with Crippen molar-refractivity contribution in [3.8, 4) is 11.1 Å². The Labute approximate surface area is 138 Å². The van der Waals surface area contributed by atoms with E-state index in [1.165, 1.54) is 23.5 Å². The summed E-state index contributed by atoms with van der Waals surface area (Å²) in [4.78, 5) is 13.1. The molecule has 0 radical (unpaired) electrons. The van der Waals surface area contributed by atoms with Crippen molar-refractivity contribution in [2.45, 2.75) is 6.42 Å². The van der Waals surface area contributed by atoms with Gasteiger partial charge in [0.25, 0.3) is 5.91 Å². The summed E-state index contributed by atoms with van der Waals surface area (Å²) in [5.74, 6) is -0.315. The molecule has 0 bridgehead atoms. The predicted octanol–water partition coefficient (Wildman–Crippen LogP) is 4.53. The van der Waals surface area contributed by atoms with E-state index in [1.54, 1.807) is 12.1 Å². The third-order valence-corrected chi connectivity index (χ3v) is 4.48. The number of hydrogen-bond acceptors (Lipinski definition) is 2. The highest BCUT2D eigenvalue weighted by Gasteiger charge is 2.13. The Morgan fingerprint density at radius 2 is 1.74 bits per heavy atom. The highest BCUT2D eigenvalue weighted by atomic mass is 32.1. The van der Waals surface area contributed by atoms with Crippen LogP contribution in [0.3, 0.4) is 0 Å². The number of amides is 1. The van der Waals surface area contributed by atoms with Crippen LogP contribution in [0.15, 0.2) is 66.0 Å². The van der Waals surface area contributed by atoms with Gasteiger partial charge in [-0.3, -0.25) is 4.79 Å². The Bertz CT molecular complexity index is 781. The molecular weight excluding hydrogens is 309 g/mol. The molecule has 1 aromatic heterocycles. The summed E-state index contributed by atoms with van der Waals surface area (Å²) < 4.78 is 12.9. The number of rotatable bonds is 5. The third-order valence-electron chi connectivity index (χ3n) is 3.57. The fourth-order valence-corrected chi connectivity index (χ4v) is 3.21. The van der Waals surface area contributed by atoms with Gasteiger partial charge in [-0.05, 0) is 41.1 Å². The summed E-state index contributed by atoms with van der Waals surface area (Å²) >= 11 is 1.44. The van der Waals surface area contributed by atoms with Crippen molar-refractivity contribution < 1.29 is 9.18 Å². The van der Waals surface area contributed by atoms with Crippen LogP contribution >= 0.6 is 11.3 Å². The lowest BCUT2D eigenvalue weighted by molar-refractivity contribution is 0.0959. The first-order chi connectivity index (χ1) is 11.2.